The van der Waals surface area contributed by atoms with Crippen LogP contribution in [0.2, 0.25) is 0 Å². The lowest BCUT2D eigenvalue weighted by molar-refractivity contribution is 0.0988. The zero-order chi connectivity index (χ0) is 12.4. The summed E-state index contributed by atoms with van der Waals surface area (Å²) < 4.78 is 13.5. The molecule has 0 saturated heterocycles. The Kier molecular flexibility index (Phi) is 2.78. The smallest absolute Gasteiger partial charge is 0.278 e. The highest BCUT2D eigenvalue weighted by atomic mass is 19.1. The van der Waals surface area contributed by atoms with Crippen LogP contribution in [0.25, 0.3) is 0 Å². The van der Waals surface area contributed by atoms with Gasteiger partial charge in [0.05, 0.1) is 17.6 Å². The molecule has 0 aliphatic carbocycles. The Morgan fingerprint density at radius 1 is 1.47 bits per heavy atom. The molecule has 0 saturated carbocycles. The Morgan fingerprint density at radius 2 is 2.18 bits per heavy atom. The Morgan fingerprint density at radius 3 is 2.76 bits per heavy atom. The minimum absolute atomic E-state index is 0.149. The molecule has 2 aromatic rings. The second kappa shape index (κ2) is 4.25. The SMILES string of the molecule is CN(C(=O)c1[nH]ncc1N)c1ccccc1F. The Hall–Kier alpha value is -2.37. The van der Waals surface area contributed by atoms with Crippen LogP contribution in [-0.2, 0) is 0 Å². The Balaban J connectivity index is 2.33. The molecule has 0 radical (unpaired) electrons. The maximum atomic E-state index is 13.5. The number of amides is 1. The molecule has 1 aromatic carbocycles. The summed E-state index contributed by atoms with van der Waals surface area (Å²) in [5.74, 6) is -0.911. The summed E-state index contributed by atoms with van der Waals surface area (Å²) in [6.07, 6.45) is 1.34. The average molecular weight is 234 g/mol. The monoisotopic (exact) mass is 234 g/mol. The van der Waals surface area contributed by atoms with Crippen molar-refractivity contribution in [2.45, 2.75) is 0 Å². The number of halogens is 1. The number of rotatable bonds is 2. The highest BCUT2D eigenvalue weighted by Crippen LogP contribution is 2.20. The molecule has 0 spiro atoms. The summed E-state index contributed by atoms with van der Waals surface area (Å²) in [7, 11) is 1.47. The van der Waals surface area contributed by atoms with E-state index in [2.05, 4.69) is 10.2 Å². The number of hydrogen-bond acceptors (Lipinski definition) is 3. The number of H-pyrrole nitrogens is 1. The normalized spacial score (nSPS) is 10.2. The van der Waals surface area contributed by atoms with Crippen molar-refractivity contribution in [2.75, 3.05) is 17.7 Å². The molecule has 1 amide bonds. The molecule has 0 bridgehead atoms. The molecule has 0 atom stereocenters. The van der Waals surface area contributed by atoms with Gasteiger partial charge in [-0.3, -0.25) is 9.89 Å². The number of nitrogens with one attached hydrogen (secondary N) is 1. The summed E-state index contributed by atoms with van der Waals surface area (Å²) in [4.78, 5) is 13.2. The van der Waals surface area contributed by atoms with Crippen LogP contribution in [0.1, 0.15) is 10.5 Å². The third-order valence-electron chi connectivity index (χ3n) is 2.40. The number of nitrogens with zero attached hydrogens (tertiary/aromatic N) is 2. The second-order valence-electron chi connectivity index (χ2n) is 3.52. The van der Waals surface area contributed by atoms with E-state index < -0.39 is 11.7 Å². The Bertz CT molecular complexity index is 552. The molecule has 0 fully saturated rings. The first-order chi connectivity index (χ1) is 8.11. The van der Waals surface area contributed by atoms with Crippen molar-refractivity contribution < 1.29 is 9.18 Å². The number of benzene rings is 1. The first kappa shape index (κ1) is 11.1. The first-order valence-corrected chi connectivity index (χ1v) is 4.92. The van der Waals surface area contributed by atoms with Gasteiger partial charge < -0.3 is 10.6 Å². The largest absolute Gasteiger partial charge is 0.396 e. The quantitative estimate of drug-likeness (QED) is 0.824. The van der Waals surface area contributed by atoms with E-state index in [1.807, 2.05) is 0 Å². The molecule has 3 N–H and O–H groups in total. The fourth-order valence-electron chi connectivity index (χ4n) is 1.47. The van der Waals surface area contributed by atoms with Crippen LogP contribution < -0.4 is 10.6 Å². The lowest BCUT2D eigenvalue weighted by Gasteiger charge is -2.17. The number of carbonyl (C=O) groups excluding carboxylic acids is 1. The topological polar surface area (TPSA) is 75.0 Å². The van der Waals surface area contributed by atoms with Gasteiger partial charge in [-0.1, -0.05) is 12.1 Å². The second-order valence-corrected chi connectivity index (χ2v) is 3.52. The van der Waals surface area contributed by atoms with Crippen LogP contribution in [0.15, 0.2) is 30.5 Å². The summed E-state index contributed by atoms with van der Waals surface area (Å²) >= 11 is 0. The molecule has 2 rings (SSSR count). The van der Waals surface area contributed by atoms with E-state index in [1.54, 1.807) is 12.1 Å². The van der Waals surface area contributed by atoms with Crippen LogP contribution in [0.3, 0.4) is 0 Å². The van der Waals surface area contributed by atoms with E-state index in [0.717, 1.165) is 0 Å². The molecular weight excluding hydrogens is 223 g/mol. The van der Waals surface area contributed by atoms with Crippen LogP contribution in [-0.4, -0.2) is 23.2 Å². The average Bonchev–Trinajstić information content (AvgIpc) is 2.74. The first-order valence-electron chi connectivity index (χ1n) is 4.92. The van der Waals surface area contributed by atoms with E-state index in [0.29, 0.717) is 0 Å². The standard InChI is InChI=1S/C11H11FN4O/c1-16(9-5-3-2-4-7(9)12)11(17)10-8(13)6-14-15-10/h2-6H,13H2,1H3,(H,14,15). The predicted molar refractivity (Wildman–Crippen MR) is 62.1 cm³/mol. The van der Waals surface area contributed by atoms with Crippen molar-refractivity contribution in [3.8, 4) is 0 Å². The molecule has 0 unspecified atom stereocenters. The van der Waals surface area contributed by atoms with Gasteiger partial charge in [-0.2, -0.15) is 5.10 Å². The van der Waals surface area contributed by atoms with Gasteiger partial charge in [0, 0.05) is 7.05 Å². The molecule has 0 aliphatic heterocycles. The van der Waals surface area contributed by atoms with Crippen molar-refractivity contribution in [1.82, 2.24) is 10.2 Å². The molecule has 1 heterocycles. The maximum absolute atomic E-state index is 13.5. The van der Waals surface area contributed by atoms with E-state index >= 15 is 0 Å². The van der Waals surface area contributed by atoms with Crippen LogP contribution in [0, 0.1) is 5.82 Å². The molecule has 0 aliphatic rings. The van der Waals surface area contributed by atoms with Crippen LogP contribution >= 0.6 is 0 Å². The summed E-state index contributed by atoms with van der Waals surface area (Å²) in [6.45, 7) is 0. The summed E-state index contributed by atoms with van der Waals surface area (Å²) in [5, 5.41) is 6.14. The van der Waals surface area contributed by atoms with Gasteiger partial charge in [-0.25, -0.2) is 4.39 Å². The van der Waals surface area contributed by atoms with E-state index in [1.165, 1.54) is 30.3 Å². The van der Waals surface area contributed by atoms with E-state index in [4.69, 9.17) is 5.73 Å². The van der Waals surface area contributed by atoms with Crippen molar-refractivity contribution >= 4 is 17.3 Å². The zero-order valence-corrected chi connectivity index (χ0v) is 9.14. The zero-order valence-electron chi connectivity index (χ0n) is 9.14. The van der Waals surface area contributed by atoms with Crippen molar-refractivity contribution in [2.24, 2.45) is 0 Å². The number of hydrogen-bond donors (Lipinski definition) is 2. The lowest BCUT2D eigenvalue weighted by Crippen LogP contribution is -2.28. The minimum atomic E-state index is -0.471. The van der Waals surface area contributed by atoms with E-state index in [9.17, 15) is 9.18 Å². The molecule has 17 heavy (non-hydrogen) atoms. The van der Waals surface area contributed by atoms with Gasteiger partial charge in [0.25, 0.3) is 5.91 Å². The molecule has 5 nitrogen and oxygen atoms in total. The highest BCUT2D eigenvalue weighted by molar-refractivity contribution is 6.07. The highest BCUT2D eigenvalue weighted by Gasteiger charge is 2.19. The third-order valence-corrected chi connectivity index (χ3v) is 2.40. The minimum Gasteiger partial charge on any atom is -0.396 e. The fraction of sp³-hybridized carbons (Fsp3) is 0.0909. The van der Waals surface area contributed by atoms with Crippen molar-refractivity contribution in [1.29, 1.82) is 0 Å². The molecule has 6 heteroatoms. The van der Waals surface area contributed by atoms with Gasteiger partial charge in [0.1, 0.15) is 11.5 Å². The van der Waals surface area contributed by atoms with Crippen LogP contribution in [0.4, 0.5) is 15.8 Å². The number of aromatic nitrogens is 2. The molecule has 1 aromatic heterocycles. The Labute approximate surface area is 97.0 Å². The number of para-hydroxylation sites is 1. The molecule has 88 valence electrons. The molecular formula is C11H11FN4O. The summed E-state index contributed by atoms with van der Waals surface area (Å²) in [5.41, 5.74) is 6.13. The summed E-state index contributed by atoms with van der Waals surface area (Å²) in [6, 6.07) is 6.01. The number of nitrogen functional groups attached to an aromatic ring is 1. The van der Waals surface area contributed by atoms with Crippen molar-refractivity contribution in [3.05, 3.63) is 42.0 Å². The number of aromatic amines is 1. The van der Waals surface area contributed by atoms with Gasteiger partial charge in [0.15, 0.2) is 0 Å². The van der Waals surface area contributed by atoms with Crippen molar-refractivity contribution in [3.63, 3.8) is 0 Å². The van der Waals surface area contributed by atoms with Gasteiger partial charge in [0.2, 0.25) is 0 Å². The third kappa shape index (κ3) is 1.96. The van der Waals surface area contributed by atoms with E-state index in [-0.39, 0.29) is 17.1 Å². The van der Waals surface area contributed by atoms with Gasteiger partial charge in [-0.15, -0.1) is 0 Å². The maximum Gasteiger partial charge on any atom is 0.278 e. The van der Waals surface area contributed by atoms with Gasteiger partial charge in [-0.05, 0) is 12.1 Å². The number of nitrogens with two attached hydrogens (primary N) is 1. The lowest BCUT2D eigenvalue weighted by atomic mass is 10.2. The number of carbonyl (C=O) groups is 1. The predicted octanol–water partition coefficient (Wildman–Crippen LogP) is 1.41. The van der Waals surface area contributed by atoms with Gasteiger partial charge >= 0.3 is 0 Å². The number of anilines is 2. The fourth-order valence-corrected chi connectivity index (χ4v) is 1.47. The van der Waals surface area contributed by atoms with Crippen LogP contribution in [0.5, 0.6) is 0 Å².